The molecule has 0 aliphatic carbocycles. The molecule has 2 aliphatic heterocycles. The predicted molar refractivity (Wildman–Crippen MR) is 122 cm³/mol. The van der Waals surface area contributed by atoms with Crippen LogP contribution in [0, 0.1) is 5.82 Å². The molecule has 5 rings (SSSR count). The van der Waals surface area contributed by atoms with Crippen molar-refractivity contribution >= 4 is 29.2 Å². The Balaban J connectivity index is 1.26. The minimum Gasteiger partial charge on any atom is -0.443 e. The number of hydrogen-bond acceptors (Lipinski definition) is 4. The lowest BCUT2D eigenvalue weighted by Crippen LogP contribution is -2.31. The van der Waals surface area contributed by atoms with Gasteiger partial charge in [0.25, 0.3) is 0 Å². The monoisotopic (exact) mass is 434 g/mol. The van der Waals surface area contributed by atoms with E-state index >= 15 is 4.39 Å². The summed E-state index contributed by atoms with van der Waals surface area (Å²) in [6.45, 7) is 1.89. The minimum absolute atomic E-state index is 0.223. The van der Waals surface area contributed by atoms with Gasteiger partial charge in [-0.05, 0) is 47.9 Å². The van der Waals surface area contributed by atoms with Crippen LogP contribution in [0.5, 0.6) is 0 Å². The molecule has 6 heteroatoms. The second-order valence-corrected chi connectivity index (χ2v) is 8.91. The van der Waals surface area contributed by atoms with E-state index in [0.717, 1.165) is 17.9 Å². The Hall–Kier alpha value is -2.99. The van der Waals surface area contributed by atoms with Crippen molar-refractivity contribution in [2.75, 3.05) is 28.6 Å². The number of nitrogens with zero attached hydrogens (tertiary/aromatic N) is 2. The van der Waals surface area contributed by atoms with E-state index in [2.05, 4.69) is 17.0 Å². The molecule has 158 valence electrons. The molecule has 1 saturated heterocycles. The van der Waals surface area contributed by atoms with E-state index in [0.29, 0.717) is 30.2 Å². The summed E-state index contributed by atoms with van der Waals surface area (Å²) in [4.78, 5) is 17.1. The van der Waals surface area contributed by atoms with Gasteiger partial charge < -0.3 is 9.64 Å². The highest BCUT2D eigenvalue weighted by atomic mass is 32.2. The van der Waals surface area contributed by atoms with E-state index in [9.17, 15) is 4.79 Å². The van der Waals surface area contributed by atoms with E-state index in [4.69, 9.17) is 4.74 Å². The third-order valence-corrected chi connectivity index (χ3v) is 6.91. The predicted octanol–water partition coefficient (Wildman–Crippen LogP) is 5.51. The Morgan fingerprint density at radius 2 is 1.77 bits per heavy atom. The minimum atomic E-state index is -0.419. The van der Waals surface area contributed by atoms with E-state index in [1.165, 1.54) is 22.1 Å². The number of benzene rings is 3. The Bertz CT molecular complexity index is 1090. The molecule has 1 atom stereocenters. The molecule has 2 heterocycles. The lowest BCUT2D eigenvalue weighted by molar-refractivity contribution is 0.151. The summed E-state index contributed by atoms with van der Waals surface area (Å²) in [5, 5.41) is 0. The van der Waals surface area contributed by atoms with Crippen molar-refractivity contribution in [3.63, 3.8) is 0 Å². The van der Waals surface area contributed by atoms with Gasteiger partial charge in [0.15, 0.2) is 0 Å². The van der Waals surface area contributed by atoms with Crippen molar-refractivity contribution in [2.24, 2.45) is 0 Å². The van der Waals surface area contributed by atoms with Gasteiger partial charge in [-0.1, -0.05) is 42.5 Å². The van der Waals surface area contributed by atoms with Crippen molar-refractivity contribution in [1.82, 2.24) is 0 Å². The highest BCUT2D eigenvalue weighted by Gasteiger charge is 2.33. The number of fused-ring (bicyclic) bond motifs is 1. The summed E-state index contributed by atoms with van der Waals surface area (Å²) in [6, 6.07) is 23.4. The Morgan fingerprint density at radius 3 is 2.58 bits per heavy atom. The standard InChI is InChI=1S/C25H23FN2O2S/c26-23-14-20(10-11-24(23)27-13-12-18-6-4-5-7-19(18)15-27)28-16-21(30-25(28)29)17-31-22-8-2-1-3-9-22/h1-11,14,21H,12-13,15-17H2/t21-/m0/s1. The topological polar surface area (TPSA) is 32.8 Å². The number of hydrogen-bond donors (Lipinski definition) is 0. The van der Waals surface area contributed by atoms with Gasteiger partial charge in [0.05, 0.1) is 17.9 Å². The maximum absolute atomic E-state index is 15.0. The first-order valence-corrected chi connectivity index (χ1v) is 11.4. The van der Waals surface area contributed by atoms with Crippen LogP contribution in [0.2, 0.25) is 0 Å². The summed E-state index contributed by atoms with van der Waals surface area (Å²) in [6.07, 6.45) is 0.257. The zero-order valence-electron chi connectivity index (χ0n) is 17.0. The third kappa shape index (κ3) is 4.26. The molecular weight excluding hydrogens is 411 g/mol. The first kappa shape index (κ1) is 19.9. The van der Waals surface area contributed by atoms with Crippen LogP contribution < -0.4 is 9.80 Å². The Morgan fingerprint density at radius 1 is 1.00 bits per heavy atom. The van der Waals surface area contributed by atoms with Crippen LogP contribution in [0.15, 0.2) is 77.7 Å². The van der Waals surface area contributed by atoms with E-state index < -0.39 is 6.09 Å². The smallest absolute Gasteiger partial charge is 0.414 e. The van der Waals surface area contributed by atoms with Crippen LogP contribution in [0.1, 0.15) is 11.1 Å². The van der Waals surface area contributed by atoms with Crippen LogP contribution in [-0.4, -0.2) is 31.0 Å². The molecule has 0 radical (unpaired) electrons. The highest BCUT2D eigenvalue weighted by molar-refractivity contribution is 7.99. The lowest BCUT2D eigenvalue weighted by Gasteiger charge is -2.31. The summed E-state index contributed by atoms with van der Waals surface area (Å²) in [7, 11) is 0. The van der Waals surface area contributed by atoms with Gasteiger partial charge in [0, 0.05) is 23.7 Å². The first-order chi connectivity index (χ1) is 15.2. The average Bonchev–Trinajstić information content (AvgIpc) is 3.18. The van der Waals surface area contributed by atoms with Gasteiger partial charge >= 0.3 is 6.09 Å². The summed E-state index contributed by atoms with van der Waals surface area (Å²) in [5.74, 6) is 0.354. The van der Waals surface area contributed by atoms with Crippen molar-refractivity contribution in [3.05, 3.63) is 89.7 Å². The van der Waals surface area contributed by atoms with Gasteiger partial charge in [-0.3, -0.25) is 4.90 Å². The molecule has 4 nitrogen and oxygen atoms in total. The second kappa shape index (κ2) is 8.63. The van der Waals surface area contributed by atoms with E-state index in [1.807, 2.05) is 48.5 Å². The second-order valence-electron chi connectivity index (χ2n) is 7.82. The molecular formula is C25H23FN2O2S. The number of carbonyl (C=O) groups excluding carboxylic acids is 1. The molecule has 0 saturated carbocycles. The number of halogens is 1. The molecule has 3 aromatic rings. The SMILES string of the molecule is O=C1O[C@H](CSc2ccccc2)CN1c1ccc(N2CCc3ccccc3C2)c(F)c1. The third-order valence-electron chi connectivity index (χ3n) is 5.77. The molecule has 0 unspecified atom stereocenters. The number of rotatable bonds is 5. The fourth-order valence-corrected chi connectivity index (χ4v) is 5.05. The fraction of sp³-hybridized carbons (Fsp3) is 0.240. The molecule has 0 N–H and O–H groups in total. The fourth-order valence-electron chi connectivity index (χ4n) is 4.15. The number of anilines is 2. The maximum Gasteiger partial charge on any atom is 0.414 e. The molecule has 0 aromatic heterocycles. The van der Waals surface area contributed by atoms with E-state index in [-0.39, 0.29) is 11.9 Å². The summed E-state index contributed by atoms with van der Waals surface area (Å²) < 4.78 is 20.5. The van der Waals surface area contributed by atoms with Gasteiger partial charge in [-0.15, -0.1) is 11.8 Å². The molecule has 1 amide bonds. The van der Waals surface area contributed by atoms with Crippen molar-refractivity contribution in [2.45, 2.75) is 24.0 Å². The number of cyclic esters (lactones) is 1. The van der Waals surface area contributed by atoms with Crippen molar-refractivity contribution in [1.29, 1.82) is 0 Å². The lowest BCUT2D eigenvalue weighted by atomic mass is 9.99. The zero-order chi connectivity index (χ0) is 21.2. The number of amides is 1. The zero-order valence-corrected chi connectivity index (χ0v) is 17.9. The largest absolute Gasteiger partial charge is 0.443 e. The highest BCUT2D eigenvalue weighted by Crippen LogP contribution is 2.31. The molecule has 1 fully saturated rings. The molecule has 0 spiro atoms. The molecule has 2 aliphatic rings. The van der Waals surface area contributed by atoms with Gasteiger partial charge in [0.1, 0.15) is 11.9 Å². The molecule has 3 aromatic carbocycles. The average molecular weight is 435 g/mol. The summed E-state index contributed by atoms with van der Waals surface area (Å²) in [5.41, 5.74) is 3.67. The normalized spacial score (nSPS) is 18.1. The van der Waals surface area contributed by atoms with Gasteiger partial charge in [0.2, 0.25) is 0 Å². The Kier molecular flexibility index (Phi) is 5.55. The van der Waals surface area contributed by atoms with Crippen LogP contribution in [-0.2, 0) is 17.7 Å². The van der Waals surface area contributed by atoms with Gasteiger partial charge in [-0.25, -0.2) is 9.18 Å². The Labute approximate surface area is 185 Å². The van der Waals surface area contributed by atoms with Crippen molar-refractivity contribution < 1.29 is 13.9 Å². The van der Waals surface area contributed by atoms with Crippen LogP contribution in [0.3, 0.4) is 0 Å². The maximum atomic E-state index is 15.0. The molecule has 0 bridgehead atoms. The van der Waals surface area contributed by atoms with Crippen LogP contribution in [0.25, 0.3) is 0 Å². The van der Waals surface area contributed by atoms with Gasteiger partial charge in [-0.2, -0.15) is 0 Å². The summed E-state index contributed by atoms with van der Waals surface area (Å²) >= 11 is 1.65. The number of carbonyl (C=O) groups is 1. The van der Waals surface area contributed by atoms with E-state index in [1.54, 1.807) is 17.8 Å². The van der Waals surface area contributed by atoms with Crippen LogP contribution >= 0.6 is 11.8 Å². The molecule has 31 heavy (non-hydrogen) atoms. The number of ether oxygens (including phenoxy) is 1. The first-order valence-electron chi connectivity index (χ1n) is 10.4. The van der Waals surface area contributed by atoms with Crippen LogP contribution in [0.4, 0.5) is 20.6 Å². The number of thioether (sulfide) groups is 1. The van der Waals surface area contributed by atoms with Crippen molar-refractivity contribution in [3.8, 4) is 0 Å². The quantitative estimate of drug-likeness (QED) is 0.496.